The number of benzene rings is 1. The SMILES string of the molecule is Cc1ccc(C)c(Nc2cc(NC3CCCCC3)nc(C)n2)c1. The van der Waals surface area contributed by atoms with E-state index in [1.807, 2.05) is 13.0 Å². The van der Waals surface area contributed by atoms with Crippen molar-refractivity contribution >= 4 is 17.3 Å². The predicted molar refractivity (Wildman–Crippen MR) is 96.5 cm³/mol. The fourth-order valence-electron chi connectivity index (χ4n) is 3.17. The van der Waals surface area contributed by atoms with Gasteiger partial charge in [-0.05, 0) is 50.8 Å². The summed E-state index contributed by atoms with van der Waals surface area (Å²) in [6.07, 6.45) is 6.47. The van der Waals surface area contributed by atoms with E-state index in [0.717, 1.165) is 23.1 Å². The van der Waals surface area contributed by atoms with E-state index in [1.54, 1.807) is 0 Å². The summed E-state index contributed by atoms with van der Waals surface area (Å²) in [6.45, 7) is 6.16. The van der Waals surface area contributed by atoms with E-state index >= 15 is 0 Å². The Morgan fingerprint density at radius 3 is 2.43 bits per heavy atom. The van der Waals surface area contributed by atoms with Gasteiger partial charge in [0.05, 0.1) is 0 Å². The fraction of sp³-hybridized carbons (Fsp3) is 0.474. The van der Waals surface area contributed by atoms with Crippen LogP contribution in [0.15, 0.2) is 24.3 Å². The van der Waals surface area contributed by atoms with Gasteiger partial charge in [-0.3, -0.25) is 0 Å². The molecule has 23 heavy (non-hydrogen) atoms. The summed E-state index contributed by atoms with van der Waals surface area (Å²) in [5.41, 5.74) is 3.56. The summed E-state index contributed by atoms with van der Waals surface area (Å²) in [5, 5.41) is 7.02. The zero-order valence-corrected chi connectivity index (χ0v) is 14.3. The first-order valence-corrected chi connectivity index (χ1v) is 8.56. The molecule has 1 aliphatic carbocycles. The Morgan fingerprint density at radius 2 is 1.65 bits per heavy atom. The van der Waals surface area contributed by atoms with Crippen LogP contribution in [0.1, 0.15) is 49.1 Å². The average Bonchev–Trinajstić information content (AvgIpc) is 2.51. The predicted octanol–water partition coefficient (Wildman–Crippen LogP) is 4.89. The van der Waals surface area contributed by atoms with E-state index in [-0.39, 0.29) is 0 Å². The molecule has 0 spiro atoms. The molecule has 0 bridgehead atoms. The fourth-order valence-corrected chi connectivity index (χ4v) is 3.17. The highest BCUT2D eigenvalue weighted by molar-refractivity contribution is 5.63. The second-order valence-electron chi connectivity index (χ2n) is 6.61. The van der Waals surface area contributed by atoms with Gasteiger partial charge in [-0.1, -0.05) is 31.4 Å². The van der Waals surface area contributed by atoms with Crippen LogP contribution in [0.3, 0.4) is 0 Å². The Bertz CT molecular complexity index is 675. The average molecular weight is 310 g/mol. The van der Waals surface area contributed by atoms with Crippen LogP contribution in [0.5, 0.6) is 0 Å². The molecule has 1 aromatic heterocycles. The minimum Gasteiger partial charge on any atom is -0.367 e. The van der Waals surface area contributed by atoms with Crippen LogP contribution in [0.4, 0.5) is 17.3 Å². The first kappa shape index (κ1) is 15.8. The van der Waals surface area contributed by atoms with Gasteiger partial charge in [0.15, 0.2) is 0 Å². The second kappa shape index (κ2) is 6.99. The van der Waals surface area contributed by atoms with Crippen molar-refractivity contribution in [1.82, 2.24) is 9.97 Å². The van der Waals surface area contributed by atoms with E-state index in [1.165, 1.54) is 43.2 Å². The van der Waals surface area contributed by atoms with Gasteiger partial charge < -0.3 is 10.6 Å². The molecule has 0 aliphatic heterocycles. The Hall–Kier alpha value is -2.10. The molecular formula is C19H26N4. The van der Waals surface area contributed by atoms with Crippen LogP contribution >= 0.6 is 0 Å². The molecule has 1 saturated carbocycles. The lowest BCUT2D eigenvalue weighted by molar-refractivity contribution is 0.462. The summed E-state index contributed by atoms with van der Waals surface area (Å²) < 4.78 is 0. The van der Waals surface area contributed by atoms with Crippen molar-refractivity contribution in [2.45, 2.75) is 58.9 Å². The topological polar surface area (TPSA) is 49.8 Å². The first-order valence-electron chi connectivity index (χ1n) is 8.56. The third kappa shape index (κ3) is 4.21. The van der Waals surface area contributed by atoms with Gasteiger partial charge >= 0.3 is 0 Å². The number of aryl methyl sites for hydroxylation is 3. The lowest BCUT2D eigenvalue weighted by atomic mass is 9.95. The molecule has 1 heterocycles. The molecule has 2 aromatic rings. The summed E-state index contributed by atoms with van der Waals surface area (Å²) in [6, 6.07) is 8.98. The van der Waals surface area contributed by atoms with E-state index < -0.39 is 0 Å². The third-order valence-electron chi connectivity index (χ3n) is 4.45. The molecular weight excluding hydrogens is 284 g/mol. The second-order valence-corrected chi connectivity index (χ2v) is 6.61. The van der Waals surface area contributed by atoms with Gasteiger partial charge in [0, 0.05) is 17.8 Å². The molecule has 1 fully saturated rings. The zero-order valence-electron chi connectivity index (χ0n) is 14.3. The zero-order chi connectivity index (χ0) is 16.2. The first-order chi connectivity index (χ1) is 11.1. The Balaban J connectivity index is 1.78. The Kier molecular flexibility index (Phi) is 4.79. The minimum absolute atomic E-state index is 0.548. The highest BCUT2D eigenvalue weighted by Crippen LogP contribution is 2.24. The minimum atomic E-state index is 0.548. The van der Waals surface area contributed by atoms with Crippen LogP contribution < -0.4 is 10.6 Å². The molecule has 122 valence electrons. The van der Waals surface area contributed by atoms with Gasteiger partial charge in [-0.2, -0.15) is 0 Å². The molecule has 2 N–H and O–H groups in total. The lowest BCUT2D eigenvalue weighted by Crippen LogP contribution is -2.23. The molecule has 0 radical (unpaired) electrons. The van der Waals surface area contributed by atoms with Crippen molar-refractivity contribution in [3.63, 3.8) is 0 Å². The number of aromatic nitrogens is 2. The monoisotopic (exact) mass is 310 g/mol. The van der Waals surface area contributed by atoms with Crippen molar-refractivity contribution in [2.24, 2.45) is 0 Å². The normalized spacial score (nSPS) is 15.4. The van der Waals surface area contributed by atoms with Crippen LogP contribution in [-0.2, 0) is 0 Å². The van der Waals surface area contributed by atoms with Gasteiger partial charge in [0.1, 0.15) is 17.5 Å². The largest absolute Gasteiger partial charge is 0.367 e. The van der Waals surface area contributed by atoms with E-state index in [0.29, 0.717) is 6.04 Å². The van der Waals surface area contributed by atoms with Crippen LogP contribution in [0.25, 0.3) is 0 Å². The van der Waals surface area contributed by atoms with Crippen LogP contribution in [-0.4, -0.2) is 16.0 Å². The smallest absolute Gasteiger partial charge is 0.136 e. The molecule has 1 aliphatic rings. The summed E-state index contributed by atoms with van der Waals surface area (Å²) in [5.74, 6) is 2.57. The number of nitrogens with zero attached hydrogens (tertiary/aromatic N) is 2. The van der Waals surface area contributed by atoms with E-state index in [4.69, 9.17) is 0 Å². The summed E-state index contributed by atoms with van der Waals surface area (Å²) >= 11 is 0. The molecule has 0 saturated heterocycles. The molecule has 4 nitrogen and oxygen atoms in total. The quantitative estimate of drug-likeness (QED) is 0.844. The molecule has 0 unspecified atom stereocenters. The number of hydrogen-bond donors (Lipinski definition) is 2. The van der Waals surface area contributed by atoms with E-state index in [2.05, 4.69) is 52.6 Å². The number of hydrogen-bond acceptors (Lipinski definition) is 4. The van der Waals surface area contributed by atoms with Gasteiger partial charge in [-0.25, -0.2) is 9.97 Å². The maximum absolute atomic E-state index is 4.55. The maximum Gasteiger partial charge on any atom is 0.136 e. The Labute approximate surface area is 138 Å². The standard InChI is InChI=1S/C19H26N4/c1-13-9-10-14(2)17(11-13)23-19-12-18(20-15(3)21-19)22-16-7-5-4-6-8-16/h9-12,16H,4-8H2,1-3H3,(H2,20,21,22,23). The number of anilines is 3. The van der Waals surface area contributed by atoms with Crippen molar-refractivity contribution in [2.75, 3.05) is 10.6 Å². The highest BCUT2D eigenvalue weighted by Gasteiger charge is 2.14. The van der Waals surface area contributed by atoms with Crippen LogP contribution in [0.2, 0.25) is 0 Å². The van der Waals surface area contributed by atoms with Gasteiger partial charge in [0.2, 0.25) is 0 Å². The van der Waals surface area contributed by atoms with Gasteiger partial charge in [0.25, 0.3) is 0 Å². The summed E-state index contributed by atoms with van der Waals surface area (Å²) in [4.78, 5) is 9.08. The Morgan fingerprint density at radius 1 is 0.913 bits per heavy atom. The van der Waals surface area contributed by atoms with Crippen molar-refractivity contribution in [3.8, 4) is 0 Å². The lowest BCUT2D eigenvalue weighted by Gasteiger charge is -2.23. The molecule has 0 amide bonds. The van der Waals surface area contributed by atoms with Gasteiger partial charge in [-0.15, -0.1) is 0 Å². The molecule has 4 heteroatoms. The summed E-state index contributed by atoms with van der Waals surface area (Å²) in [7, 11) is 0. The number of nitrogens with one attached hydrogen (secondary N) is 2. The highest BCUT2D eigenvalue weighted by atomic mass is 15.1. The van der Waals surface area contributed by atoms with E-state index in [9.17, 15) is 0 Å². The molecule has 0 atom stereocenters. The molecule has 1 aromatic carbocycles. The number of rotatable bonds is 4. The van der Waals surface area contributed by atoms with Crippen molar-refractivity contribution < 1.29 is 0 Å². The van der Waals surface area contributed by atoms with Crippen LogP contribution in [0, 0.1) is 20.8 Å². The maximum atomic E-state index is 4.55. The molecule has 3 rings (SSSR count). The van der Waals surface area contributed by atoms with Crippen molar-refractivity contribution in [1.29, 1.82) is 0 Å². The van der Waals surface area contributed by atoms with Crippen molar-refractivity contribution in [3.05, 3.63) is 41.2 Å². The third-order valence-corrected chi connectivity index (χ3v) is 4.45.